The maximum absolute atomic E-state index is 13.8. The zero-order valence-electron chi connectivity index (χ0n) is 10.7. The van der Waals surface area contributed by atoms with Crippen LogP contribution in [0.4, 0.5) is 4.39 Å². The van der Waals surface area contributed by atoms with Crippen molar-refractivity contribution in [3.63, 3.8) is 0 Å². The van der Waals surface area contributed by atoms with Crippen molar-refractivity contribution in [3.8, 4) is 17.4 Å². The van der Waals surface area contributed by atoms with Crippen LogP contribution in [0.1, 0.15) is 5.69 Å². The summed E-state index contributed by atoms with van der Waals surface area (Å²) < 4.78 is 19.2. The van der Waals surface area contributed by atoms with Crippen molar-refractivity contribution in [1.82, 2.24) is 9.97 Å². The number of phenolic OH excluding ortho intramolecular Hbond substituents is 1. The second-order valence-corrected chi connectivity index (χ2v) is 4.37. The predicted molar refractivity (Wildman–Crippen MR) is 72.4 cm³/mol. The Balaban J connectivity index is 2.00. The predicted octanol–water partition coefficient (Wildman–Crippen LogP) is 3.58. The van der Waals surface area contributed by atoms with Gasteiger partial charge in [-0.25, -0.2) is 4.98 Å². The molecule has 0 aliphatic carbocycles. The van der Waals surface area contributed by atoms with Crippen LogP contribution in [0.5, 0.6) is 17.4 Å². The highest BCUT2D eigenvalue weighted by atomic mass is 19.1. The molecule has 20 heavy (non-hydrogen) atoms. The normalized spacial score (nSPS) is 10.7. The summed E-state index contributed by atoms with van der Waals surface area (Å²) in [6.07, 6.45) is 1.25. The molecule has 0 bridgehead atoms. The Bertz CT molecular complexity index is 790. The van der Waals surface area contributed by atoms with Crippen LogP contribution < -0.4 is 4.74 Å². The SMILES string of the molecule is Cc1ncnc(Oc2ccc3ccc(O)cc3c2)c1F. The third-order valence-corrected chi connectivity index (χ3v) is 2.94. The van der Waals surface area contributed by atoms with E-state index in [2.05, 4.69) is 9.97 Å². The average Bonchev–Trinajstić information content (AvgIpc) is 2.43. The fourth-order valence-corrected chi connectivity index (χ4v) is 1.89. The standard InChI is InChI=1S/C15H11FN2O2/c1-9-14(16)15(18-8-17-9)20-13-5-3-10-2-4-12(19)6-11(10)7-13/h2-8,19H,1H3. The lowest BCUT2D eigenvalue weighted by Gasteiger charge is -2.07. The van der Waals surface area contributed by atoms with Gasteiger partial charge in [0.1, 0.15) is 17.8 Å². The van der Waals surface area contributed by atoms with Gasteiger partial charge in [-0.05, 0) is 42.0 Å². The summed E-state index contributed by atoms with van der Waals surface area (Å²) in [6, 6.07) is 10.3. The van der Waals surface area contributed by atoms with Crippen molar-refractivity contribution >= 4 is 10.8 Å². The Morgan fingerprint density at radius 2 is 1.85 bits per heavy atom. The van der Waals surface area contributed by atoms with E-state index in [1.54, 1.807) is 37.3 Å². The molecule has 3 aromatic rings. The number of rotatable bonds is 2. The average molecular weight is 270 g/mol. The highest BCUT2D eigenvalue weighted by molar-refractivity contribution is 5.85. The first-order valence-corrected chi connectivity index (χ1v) is 6.01. The van der Waals surface area contributed by atoms with Crippen molar-refractivity contribution < 1.29 is 14.2 Å². The van der Waals surface area contributed by atoms with E-state index in [9.17, 15) is 9.50 Å². The van der Waals surface area contributed by atoms with Crippen molar-refractivity contribution in [3.05, 3.63) is 54.2 Å². The van der Waals surface area contributed by atoms with E-state index in [4.69, 9.17) is 4.74 Å². The number of halogens is 1. The van der Waals surface area contributed by atoms with Gasteiger partial charge in [0.25, 0.3) is 5.88 Å². The number of fused-ring (bicyclic) bond motifs is 1. The Morgan fingerprint density at radius 1 is 1.05 bits per heavy atom. The maximum Gasteiger partial charge on any atom is 0.259 e. The molecule has 0 amide bonds. The van der Waals surface area contributed by atoms with Crippen LogP contribution in [-0.4, -0.2) is 15.1 Å². The lowest BCUT2D eigenvalue weighted by atomic mass is 10.1. The molecule has 1 heterocycles. The Hall–Kier alpha value is -2.69. The van der Waals surface area contributed by atoms with Crippen LogP contribution in [0.3, 0.4) is 0 Å². The largest absolute Gasteiger partial charge is 0.508 e. The van der Waals surface area contributed by atoms with Crippen LogP contribution in [0.15, 0.2) is 42.7 Å². The van der Waals surface area contributed by atoms with Gasteiger partial charge in [-0.1, -0.05) is 12.1 Å². The minimum Gasteiger partial charge on any atom is -0.508 e. The number of nitrogens with zero attached hydrogens (tertiary/aromatic N) is 2. The van der Waals surface area contributed by atoms with Crippen LogP contribution in [-0.2, 0) is 0 Å². The second kappa shape index (κ2) is 4.77. The van der Waals surface area contributed by atoms with Gasteiger partial charge >= 0.3 is 0 Å². The molecule has 3 rings (SSSR count). The first-order chi connectivity index (χ1) is 9.63. The molecule has 0 unspecified atom stereocenters. The molecule has 5 heteroatoms. The Labute approximate surface area is 114 Å². The number of hydrogen-bond donors (Lipinski definition) is 1. The first-order valence-electron chi connectivity index (χ1n) is 6.01. The molecular weight excluding hydrogens is 259 g/mol. The summed E-state index contributed by atoms with van der Waals surface area (Å²) in [5.74, 6) is -0.0840. The van der Waals surface area contributed by atoms with Gasteiger partial charge in [0.05, 0.1) is 5.69 Å². The van der Waals surface area contributed by atoms with Crippen molar-refractivity contribution in [2.24, 2.45) is 0 Å². The monoisotopic (exact) mass is 270 g/mol. The summed E-state index contributed by atoms with van der Waals surface area (Å²) in [6.45, 7) is 1.54. The quantitative estimate of drug-likeness (QED) is 0.773. The molecule has 2 aromatic carbocycles. The van der Waals surface area contributed by atoms with Crippen LogP contribution in [0, 0.1) is 12.7 Å². The summed E-state index contributed by atoms with van der Waals surface area (Å²) >= 11 is 0. The molecule has 4 nitrogen and oxygen atoms in total. The topological polar surface area (TPSA) is 55.2 Å². The minimum atomic E-state index is -0.580. The molecule has 100 valence electrons. The van der Waals surface area contributed by atoms with Gasteiger partial charge in [-0.3, -0.25) is 0 Å². The van der Waals surface area contributed by atoms with Gasteiger partial charge in [0.2, 0.25) is 5.82 Å². The summed E-state index contributed by atoms with van der Waals surface area (Å²) in [4.78, 5) is 7.52. The molecule has 0 saturated heterocycles. The highest BCUT2D eigenvalue weighted by Crippen LogP contribution is 2.28. The molecule has 0 aliphatic rings. The minimum absolute atomic E-state index is 0.114. The summed E-state index contributed by atoms with van der Waals surface area (Å²) in [5, 5.41) is 11.2. The van der Waals surface area contributed by atoms with Gasteiger partial charge < -0.3 is 9.84 Å². The summed E-state index contributed by atoms with van der Waals surface area (Å²) in [7, 11) is 0. The number of hydrogen-bond acceptors (Lipinski definition) is 4. The van der Waals surface area contributed by atoms with Crippen molar-refractivity contribution in [2.45, 2.75) is 6.92 Å². The fraction of sp³-hybridized carbons (Fsp3) is 0.0667. The van der Waals surface area contributed by atoms with E-state index in [-0.39, 0.29) is 17.3 Å². The van der Waals surface area contributed by atoms with E-state index < -0.39 is 5.82 Å². The number of aryl methyl sites for hydroxylation is 1. The van der Waals surface area contributed by atoms with Crippen LogP contribution in [0.25, 0.3) is 10.8 Å². The van der Waals surface area contributed by atoms with Gasteiger partial charge in [0.15, 0.2) is 0 Å². The molecule has 0 aliphatic heterocycles. The summed E-state index contributed by atoms with van der Waals surface area (Å²) in [5.41, 5.74) is 0.230. The number of benzene rings is 2. The third kappa shape index (κ3) is 2.25. The van der Waals surface area contributed by atoms with E-state index in [1.807, 2.05) is 6.07 Å². The van der Waals surface area contributed by atoms with Crippen LogP contribution in [0.2, 0.25) is 0 Å². The smallest absolute Gasteiger partial charge is 0.259 e. The molecule has 0 saturated carbocycles. The van der Waals surface area contributed by atoms with Crippen LogP contribution >= 0.6 is 0 Å². The number of aromatic nitrogens is 2. The van der Waals surface area contributed by atoms with E-state index in [1.165, 1.54) is 6.33 Å². The Morgan fingerprint density at radius 3 is 2.70 bits per heavy atom. The van der Waals surface area contributed by atoms with Gasteiger partial charge in [0, 0.05) is 0 Å². The van der Waals surface area contributed by atoms with E-state index in [0.717, 1.165) is 10.8 Å². The molecule has 0 radical (unpaired) electrons. The maximum atomic E-state index is 13.8. The van der Waals surface area contributed by atoms with Gasteiger partial charge in [-0.15, -0.1) is 0 Å². The van der Waals surface area contributed by atoms with E-state index in [0.29, 0.717) is 5.75 Å². The molecule has 1 N–H and O–H groups in total. The molecular formula is C15H11FN2O2. The highest BCUT2D eigenvalue weighted by Gasteiger charge is 2.10. The Kier molecular flexibility index (Phi) is 2.95. The number of ether oxygens (including phenoxy) is 1. The number of phenols is 1. The fourth-order valence-electron chi connectivity index (χ4n) is 1.89. The number of aromatic hydroxyl groups is 1. The lowest BCUT2D eigenvalue weighted by molar-refractivity contribution is 0.417. The van der Waals surface area contributed by atoms with E-state index >= 15 is 0 Å². The zero-order chi connectivity index (χ0) is 14.1. The molecule has 0 atom stereocenters. The first kappa shape index (κ1) is 12.3. The van der Waals surface area contributed by atoms with Crippen molar-refractivity contribution in [1.29, 1.82) is 0 Å². The molecule has 1 aromatic heterocycles. The molecule has 0 spiro atoms. The van der Waals surface area contributed by atoms with Crippen molar-refractivity contribution in [2.75, 3.05) is 0 Å². The second-order valence-electron chi connectivity index (χ2n) is 4.37. The van der Waals surface area contributed by atoms with Gasteiger partial charge in [-0.2, -0.15) is 9.37 Å². The lowest BCUT2D eigenvalue weighted by Crippen LogP contribution is -1.96. The zero-order valence-corrected chi connectivity index (χ0v) is 10.7. The third-order valence-electron chi connectivity index (χ3n) is 2.94. The molecule has 0 fully saturated rings.